The summed E-state index contributed by atoms with van der Waals surface area (Å²) < 4.78 is 0.893. The molecule has 0 spiro atoms. The predicted molar refractivity (Wildman–Crippen MR) is 83.8 cm³/mol. The van der Waals surface area contributed by atoms with Gasteiger partial charge in [-0.2, -0.15) is 0 Å². The molecule has 2 N–H and O–H groups in total. The van der Waals surface area contributed by atoms with E-state index in [0.29, 0.717) is 11.3 Å². The van der Waals surface area contributed by atoms with Gasteiger partial charge in [-0.15, -0.1) is 0 Å². The average Bonchev–Trinajstić information content (AvgIpc) is 2.77. The lowest BCUT2D eigenvalue weighted by Gasteiger charge is -2.30. The molecule has 2 aromatic carbocycles. The monoisotopic (exact) mass is 359 g/mol. The molecule has 22 heavy (non-hydrogen) atoms. The molecule has 2 heterocycles. The molecule has 1 atom stereocenters. The summed E-state index contributed by atoms with van der Waals surface area (Å²) in [6.45, 7) is 0.0992. The van der Waals surface area contributed by atoms with Crippen LogP contribution in [-0.2, 0) is 4.79 Å². The van der Waals surface area contributed by atoms with Crippen LogP contribution in [0.4, 0.5) is 10.5 Å². The largest absolute Gasteiger partial charge is 0.335 e. The van der Waals surface area contributed by atoms with Gasteiger partial charge in [-0.25, -0.2) is 4.79 Å². The highest BCUT2D eigenvalue weighted by molar-refractivity contribution is 9.10. The minimum absolute atomic E-state index is 0.0992. The first kappa shape index (κ1) is 13.3. The molecule has 4 rings (SSSR count). The van der Waals surface area contributed by atoms with E-state index >= 15 is 0 Å². The molecular formula is C15H10BrN3O3. The van der Waals surface area contributed by atoms with Gasteiger partial charge in [0.1, 0.15) is 6.04 Å². The van der Waals surface area contributed by atoms with E-state index in [-0.39, 0.29) is 12.5 Å². The van der Waals surface area contributed by atoms with Crippen LogP contribution >= 0.6 is 15.9 Å². The van der Waals surface area contributed by atoms with E-state index in [1.54, 1.807) is 6.07 Å². The zero-order valence-electron chi connectivity index (χ0n) is 11.2. The second-order valence-corrected chi connectivity index (χ2v) is 6.04. The van der Waals surface area contributed by atoms with Crippen LogP contribution in [0.2, 0.25) is 0 Å². The molecule has 1 saturated heterocycles. The number of carbonyl (C=O) groups excluding carboxylic acids is 3. The molecule has 1 unspecified atom stereocenters. The molecule has 6 nitrogen and oxygen atoms in total. The summed E-state index contributed by atoms with van der Waals surface area (Å²) in [6, 6.07) is 7.87. The minimum atomic E-state index is -0.748. The van der Waals surface area contributed by atoms with Crippen molar-refractivity contribution in [1.82, 2.24) is 10.6 Å². The second kappa shape index (κ2) is 4.54. The highest BCUT2D eigenvalue weighted by Gasteiger charge is 2.40. The van der Waals surface area contributed by atoms with Crippen LogP contribution in [0.3, 0.4) is 0 Å². The smallest absolute Gasteiger partial charge is 0.321 e. The number of carbonyl (C=O) groups is 3. The van der Waals surface area contributed by atoms with Gasteiger partial charge < -0.3 is 5.32 Å². The summed E-state index contributed by atoms with van der Waals surface area (Å²) >= 11 is 3.48. The third kappa shape index (κ3) is 1.69. The summed E-state index contributed by atoms with van der Waals surface area (Å²) in [7, 11) is 0. The Balaban J connectivity index is 1.89. The number of anilines is 1. The van der Waals surface area contributed by atoms with Gasteiger partial charge in [-0.3, -0.25) is 19.8 Å². The summed E-state index contributed by atoms with van der Waals surface area (Å²) in [5.41, 5.74) is 1.26. The minimum Gasteiger partial charge on any atom is -0.335 e. The number of hydrogen-bond donors (Lipinski definition) is 2. The van der Waals surface area contributed by atoms with Gasteiger partial charge in [0, 0.05) is 22.0 Å². The number of imide groups is 1. The van der Waals surface area contributed by atoms with Crippen LogP contribution in [0, 0.1) is 0 Å². The van der Waals surface area contributed by atoms with Crippen molar-refractivity contribution < 1.29 is 14.4 Å². The Bertz CT molecular complexity index is 864. The third-order valence-corrected chi connectivity index (χ3v) is 4.67. The summed E-state index contributed by atoms with van der Waals surface area (Å²) in [4.78, 5) is 37.5. The fraction of sp³-hybridized carbons (Fsp3) is 0.133. The topological polar surface area (TPSA) is 78.5 Å². The Hall–Kier alpha value is -2.41. The molecule has 0 saturated carbocycles. The summed E-state index contributed by atoms with van der Waals surface area (Å²) in [5, 5.41) is 6.51. The molecule has 2 aliphatic heterocycles. The lowest BCUT2D eigenvalue weighted by Crippen LogP contribution is -2.61. The molecular weight excluding hydrogens is 350 g/mol. The van der Waals surface area contributed by atoms with E-state index in [0.717, 1.165) is 15.2 Å². The summed E-state index contributed by atoms with van der Waals surface area (Å²) in [5.74, 6) is -0.698. The van der Waals surface area contributed by atoms with Gasteiger partial charge in [0.2, 0.25) is 0 Å². The lowest BCUT2D eigenvalue weighted by atomic mass is 10.1. The maximum absolute atomic E-state index is 12.7. The van der Waals surface area contributed by atoms with Crippen LogP contribution < -0.4 is 15.5 Å². The number of benzene rings is 2. The van der Waals surface area contributed by atoms with E-state index in [1.165, 1.54) is 4.90 Å². The molecule has 2 aliphatic rings. The van der Waals surface area contributed by atoms with E-state index in [2.05, 4.69) is 26.6 Å². The van der Waals surface area contributed by atoms with Gasteiger partial charge >= 0.3 is 6.03 Å². The maximum atomic E-state index is 12.7. The van der Waals surface area contributed by atoms with Gasteiger partial charge in [0.25, 0.3) is 11.8 Å². The van der Waals surface area contributed by atoms with Gasteiger partial charge in [-0.1, -0.05) is 28.1 Å². The normalized spacial score (nSPS) is 20.3. The number of hydrogen-bond acceptors (Lipinski definition) is 3. The molecule has 1 fully saturated rings. The van der Waals surface area contributed by atoms with Crippen molar-refractivity contribution >= 4 is 50.2 Å². The van der Waals surface area contributed by atoms with Crippen LogP contribution in [0.1, 0.15) is 10.4 Å². The number of nitrogens with zero attached hydrogens (tertiary/aromatic N) is 1. The molecule has 4 amide bonds. The fourth-order valence-corrected chi connectivity index (χ4v) is 3.47. The van der Waals surface area contributed by atoms with Crippen molar-refractivity contribution in [3.63, 3.8) is 0 Å². The maximum Gasteiger partial charge on any atom is 0.321 e. The van der Waals surface area contributed by atoms with Crippen molar-refractivity contribution in [2.75, 3.05) is 11.4 Å². The van der Waals surface area contributed by atoms with Gasteiger partial charge in [0.05, 0.1) is 5.69 Å². The van der Waals surface area contributed by atoms with Gasteiger partial charge in [-0.05, 0) is 23.6 Å². The highest BCUT2D eigenvalue weighted by atomic mass is 79.9. The van der Waals surface area contributed by atoms with Gasteiger partial charge in [0.15, 0.2) is 0 Å². The van der Waals surface area contributed by atoms with E-state index in [4.69, 9.17) is 0 Å². The van der Waals surface area contributed by atoms with E-state index in [1.807, 2.05) is 24.3 Å². The molecule has 0 radical (unpaired) electrons. The first-order valence-electron chi connectivity index (χ1n) is 6.71. The number of amides is 4. The Morgan fingerprint density at radius 2 is 1.95 bits per heavy atom. The number of urea groups is 1. The molecule has 7 heteroatoms. The average molecular weight is 360 g/mol. The van der Waals surface area contributed by atoms with Crippen LogP contribution in [0.5, 0.6) is 0 Å². The number of nitrogens with one attached hydrogen (secondary N) is 2. The first-order valence-corrected chi connectivity index (χ1v) is 7.50. The molecule has 0 aromatic heterocycles. The molecule has 0 aliphatic carbocycles. The number of halogens is 1. The quantitative estimate of drug-likeness (QED) is 0.814. The standard InChI is InChI=1S/C15H10BrN3O3/c16-9-5-4-8-12-7(9)2-1-3-10(12)19(14(8)21)11-6-17-15(22)18-13(11)20/h1-5,11H,6H2,(H2,17,18,20,22). The SMILES string of the molecule is O=C1NCC(N2C(=O)c3ccc(Br)c4cccc2c34)C(=O)N1. The van der Waals surface area contributed by atoms with E-state index < -0.39 is 18.0 Å². The predicted octanol–water partition coefficient (Wildman–Crippen LogP) is 1.77. The fourth-order valence-electron chi connectivity index (χ4n) is 3.01. The third-order valence-electron chi connectivity index (χ3n) is 3.98. The van der Waals surface area contributed by atoms with Crippen LogP contribution in [0.25, 0.3) is 10.8 Å². The lowest BCUT2D eigenvalue weighted by molar-refractivity contribution is -0.121. The van der Waals surface area contributed by atoms with Crippen LogP contribution in [-0.4, -0.2) is 30.4 Å². The Labute approximate surface area is 133 Å². The molecule has 2 aromatic rings. The van der Waals surface area contributed by atoms with Crippen molar-refractivity contribution in [1.29, 1.82) is 0 Å². The molecule has 0 bridgehead atoms. The van der Waals surface area contributed by atoms with Crippen LogP contribution in [0.15, 0.2) is 34.8 Å². The Morgan fingerprint density at radius 3 is 2.73 bits per heavy atom. The van der Waals surface area contributed by atoms with Crippen molar-refractivity contribution in [3.8, 4) is 0 Å². The Morgan fingerprint density at radius 1 is 1.14 bits per heavy atom. The summed E-state index contributed by atoms with van der Waals surface area (Å²) in [6.07, 6.45) is 0. The van der Waals surface area contributed by atoms with E-state index in [9.17, 15) is 14.4 Å². The first-order chi connectivity index (χ1) is 10.6. The molecule has 110 valence electrons. The van der Waals surface area contributed by atoms with Crippen molar-refractivity contribution in [2.24, 2.45) is 0 Å². The second-order valence-electron chi connectivity index (χ2n) is 5.18. The van der Waals surface area contributed by atoms with Crippen molar-refractivity contribution in [2.45, 2.75) is 6.04 Å². The number of rotatable bonds is 1. The zero-order chi connectivity index (χ0) is 15.4. The zero-order valence-corrected chi connectivity index (χ0v) is 12.8. The highest BCUT2D eigenvalue weighted by Crippen LogP contribution is 2.41. The van der Waals surface area contributed by atoms with Crippen molar-refractivity contribution in [3.05, 3.63) is 40.4 Å². The Kier molecular flexibility index (Phi) is 2.74.